The van der Waals surface area contributed by atoms with Crippen molar-refractivity contribution in [3.8, 4) is 5.75 Å². The first-order chi connectivity index (χ1) is 11.3. The third-order valence-electron chi connectivity index (χ3n) is 3.86. The van der Waals surface area contributed by atoms with Gasteiger partial charge in [-0.2, -0.15) is 0 Å². The summed E-state index contributed by atoms with van der Waals surface area (Å²) in [5.41, 5.74) is 1.81. The minimum Gasteiger partial charge on any atom is -0.482 e. The topological polar surface area (TPSA) is 64.6 Å². The molecule has 1 N–H and O–H groups in total. The highest BCUT2D eigenvalue weighted by Crippen LogP contribution is 2.32. The van der Waals surface area contributed by atoms with E-state index in [9.17, 15) is 9.59 Å². The van der Waals surface area contributed by atoms with E-state index >= 15 is 0 Å². The van der Waals surface area contributed by atoms with Crippen LogP contribution in [0, 0.1) is 6.92 Å². The SMILES string of the molecule is Cc1cc(OCC(=O)OC(C)C(=O)NC2CC2)c(C(C)C)cc1Cl. The molecule has 1 aromatic carbocycles. The molecule has 24 heavy (non-hydrogen) atoms. The Morgan fingerprint density at radius 3 is 2.54 bits per heavy atom. The molecule has 0 aromatic heterocycles. The average molecular weight is 354 g/mol. The maximum absolute atomic E-state index is 11.9. The number of halogens is 1. The molecular formula is C18H24ClNO4. The molecule has 5 nitrogen and oxygen atoms in total. The molecule has 1 aliphatic rings. The lowest BCUT2D eigenvalue weighted by atomic mass is 10.0. The normalized spacial score (nSPS) is 15.1. The second-order valence-corrected chi connectivity index (χ2v) is 6.90. The van der Waals surface area contributed by atoms with Crippen LogP contribution in [-0.2, 0) is 14.3 Å². The molecule has 0 bridgehead atoms. The minimum absolute atomic E-state index is 0.206. The van der Waals surface area contributed by atoms with Crippen LogP contribution in [0.25, 0.3) is 0 Å². The van der Waals surface area contributed by atoms with E-state index in [0.717, 1.165) is 24.0 Å². The van der Waals surface area contributed by atoms with Gasteiger partial charge in [0.2, 0.25) is 0 Å². The largest absolute Gasteiger partial charge is 0.482 e. The van der Waals surface area contributed by atoms with E-state index < -0.39 is 12.1 Å². The lowest BCUT2D eigenvalue weighted by molar-refractivity contribution is -0.156. The van der Waals surface area contributed by atoms with E-state index in [4.69, 9.17) is 21.1 Å². The van der Waals surface area contributed by atoms with Crippen LogP contribution in [0.3, 0.4) is 0 Å². The summed E-state index contributed by atoms with van der Waals surface area (Å²) >= 11 is 6.15. The molecule has 1 saturated carbocycles. The number of benzene rings is 1. The Balaban J connectivity index is 1.91. The van der Waals surface area contributed by atoms with Crippen LogP contribution in [0.2, 0.25) is 5.02 Å². The summed E-state index contributed by atoms with van der Waals surface area (Å²) in [6.07, 6.45) is 1.16. The van der Waals surface area contributed by atoms with Gasteiger partial charge in [-0.05, 0) is 55.9 Å². The van der Waals surface area contributed by atoms with Gasteiger partial charge in [0.25, 0.3) is 5.91 Å². The Kier molecular flexibility index (Phi) is 6.10. The first kappa shape index (κ1) is 18.6. The predicted octanol–water partition coefficient (Wildman–Crippen LogP) is 3.36. The van der Waals surface area contributed by atoms with Crippen molar-refractivity contribution < 1.29 is 19.1 Å². The maximum atomic E-state index is 11.9. The van der Waals surface area contributed by atoms with Crippen molar-refractivity contribution in [3.63, 3.8) is 0 Å². The number of carbonyl (C=O) groups excluding carboxylic acids is 2. The lowest BCUT2D eigenvalue weighted by Gasteiger charge is -2.17. The van der Waals surface area contributed by atoms with Crippen molar-refractivity contribution >= 4 is 23.5 Å². The summed E-state index contributed by atoms with van der Waals surface area (Å²) in [6, 6.07) is 3.91. The molecule has 1 aliphatic carbocycles. The van der Waals surface area contributed by atoms with Crippen LogP contribution in [0.15, 0.2) is 12.1 Å². The van der Waals surface area contributed by atoms with E-state index in [2.05, 4.69) is 5.32 Å². The number of hydrogen-bond donors (Lipinski definition) is 1. The van der Waals surface area contributed by atoms with Crippen molar-refractivity contribution in [2.24, 2.45) is 0 Å². The van der Waals surface area contributed by atoms with Crippen molar-refractivity contribution in [3.05, 3.63) is 28.3 Å². The molecule has 1 unspecified atom stereocenters. The van der Waals surface area contributed by atoms with Gasteiger partial charge in [-0.25, -0.2) is 4.79 Å². The zero-order valence-electron chi connectivity index (χ0n) is 14.5. The molecule has 132 valence electrons. The van der Waals surface area contributed by atoms with Crippen molar-refractivity contribution in [1.82, 2.24) is 5.32 Å². The number of aryl methyl sites for hydroxylation is 1. The number of carbonyl (C=O) groups is 2. The number of nitrogens with one attached hydrogen (secondary N) is 1. The van der Waals surface area contributed by atoms with Crippen molar-refractivity contribution in [2.45, 2.75) is 58.6 Å². The van der Waals surface area contributed by atoms with E-state index in [1.807, 2.05) is 32.9 Å². The number of amides is 1. The smallest absolute Gasteiger partial charge is 0.344 e. The fourth-order valence-corrected chi connectivity index (χ4v) is 2.39. The van der Waals surface area contributed by atoms with Gasteiger partial charge in [0, 0.05) is 11.1 Å². The first-order valence-electron chi connectivity index (χ1n) is 8.20. The third kappa shape index (κ3) is 5.13. The molecule has 6 heteroatoms. The molecule has 0 aliphatic heterocycles. The summed E-state index contributed by atoms with van der Waals surface area (Å²) in [5.74, 6) is -0.0249. The fourth-order valence-electron chi connectivity index (χ4n) is 2.21. The minimum atomic E-state index is -0.821. The van der Waals surface area contributed by atoms with Gasteiger partial charge in [-0.15, -0.1) is 0 Å². The van der Waals surface area contributed by atoms with Crippen LogP contribution >= 0.6 is 11.6 Å². The standard InChI is InChI=1S/C18H24ClNO4/c1-10(2)14-8-15(19)11(3)7-16(14)23-9-17(21)24-12(4)18(22)20-13-5-6-13/h7-8,10,12-13H,5-6,9H2,1-4H3,(H,20,22). The highest BCUT2D eigenvalue weighted by Gasteiger charge is 2.27. The Morgan fingerprint density at radius 1 is 1.29 bits per heavy atom. The van der Waals surface area contributed by atoms with Gasteiger partial charge in [0.05, 0.1) is 0 Å². The zero-order chi connectivity index (χ0) is 17.9. The van der Waals surface area contributed by atoms with Gasteiger partial charge in [0.1, 0.15) is 5.75 Å². The zero-order valence-corrected chi connectivity index (χ0v) is 15.3. The van der Waals surface area contributed by atoms with E-state index in [1.54, 1.807) is 6.92 Å². The highest BCUT2D eigenvalue weighted by molar-refractivity contribution is 6.31. The van der Waals surface area contributed by atoms with Crippen LogP contribution in [-0.4, -0.2) is 30.6 Å². The predicted molar refractivity (Wildman–Crippen MR) is 92.5 cm³/mol. The average Bonchev–Trinajstić information content (AvgIpc) is 3.31. The highest BCUT2D eigenvalue weighted by atomic mass is 35.5. The molecule has 0 saturated heterocycles. The Bertz CT molecular complexity index is 626. The molecular weight excluding hydrogens is 330 g/mol. The quantitative estimate of drug-likeness (QED) is 0.763. The number of hydrogen-bond acceptors (Lipinski definition) is 4. The third-order valence-corrected chi connectivity index (χ3v) is 4.27. The van der Waals surface area contributed by atoms with Crippen LogP contribution < -0.4 is 10.1 Å². The molecule has 1 aromatic rings. The summed E-state index contributed by atoms with van der Waals surface area (Å²) in [4.78, 5) is 23.7. The van der Waals surface area contributed by atoms with Crippen LogP contribution in [0.1, 0.15) is 50.7 Å². The van der Waals surface area contributed by atoms with Crippen LogP contribution in [0.5, 0.6) is 5.75 Å². The Labute approximate surface area is 147 Å². The van der Waals surface area contributed by atoms with Gasteiger partial charge >= 0.3 is 5.97 Å². The van der Waals surface area contributed by atoms with Gasteiger partial charge < -0.3 is 14.8 Å². The Hall–Kier alpha value is -1.75. The molecule has 2 rings (SSSR count). The fraction of sp³-hybridized carbons (Fsp3) is 0.556. The van der Waals surface area contributed by atoms with E-state index in [1.165, 1.54) is 0 Å². The molecule has 1 atom stereocenters. The van der Waals surface area contributed by atoms with Gasteiger partial charge in [0.15, 0.2) is 12.7 Å². The Morgan fingerprint density at radius 2 is 1.96 bits per heavy atom. The second kappa shape index (κ2) is 7.88. The summed E-state index contributed by atoms with van der Waals surface area (Å²) in [6.45, 7) is 7.23. The summed E-state index contributed by atoms with van der Waals surface area (Å²) < 4.78 is 10.7. The van der Waals surface area contributed by atoms with Crippen molar-refractivity contribution in [1.29, 1.82) is 0 Å². The van der Waals surface area contributed by atoms with Gasteiger partial charge in [-0.3, -0.25) is 4.79 Å². The number of ether oxygens (including phenoxy) is 2. The monoisotopic (exact) mass is 353 g/mol. The summed E-state index contributed by atoms with van der Waals surface area (Å²) in [5, 5.41) is 3.46. The van der Waals surface area contributed by atoms with E-state index in [-0.39, 0.29) is 24.5 Å². The molecule has 0 heterocycles. The van der Waals surface area contributed by atoms with Gasteiger partial charge in [-0.1, -0.05) is 25.4 Å². The number of rotatable bonds is 7. The first-order valence-corrected chi connectivity index (χ1v) is 8.58. The lowest BCUT2D eigenvalue weighted by Crippen LogP contribution is -2.37. The second-order valence-electron chi connectivity index (χ2n) is 6.50. The number of esters is 1. The van der Waals surface area contributed by atoms with Crippen molar-refractivity contribution in [2.75, 3.05) is 6.61 Å². The maximum Gasteiger partial charge on any atom is 0.344 e. The van der Waals surface area contributed by atoms with E-state index in [0.29, 0.717) is 10.8 Å². The summed E-state index contributed by atoms with van der Waals surface area (Å²) in [7, 11) is 0. The molecule has 0 radical (unpaired) electrons. The van der Waals surface area contributed by atoms with Crippen LogP contribution in [0.4, 0.5) is 0 Å². The molecule has 1 amide bonds. The molecule has 0 spiro atoms. The molecule has 1 fully saturated rings.